The maximum absolute atomic E-state index is 3.51. The van der Waals surface area contributed by atoms with Gasteiger partial charge in [-0.15, -0.1) is 11.3 Å². The maximum atomic E-state index is 3.51. The van der Waals surface area contributed by atoms with Crippen molar-refractivity contribution in [2.75, 3.05) is 6.54 Å². The van der Waals surface area contributed by atoms with Crippen molar-refractivity contribution < 1.29 is 0 Å². The molecule has 15 heavy (non-hydrogen) atoms. The summed E-state index contributed by atoms with van der Waals surface area (Å²) in [5.74, 6) is 0. The fraction of sp³-hybridized carbons (Fsp3) is 0.692. The third-order valence-corrected chi connectivity index (χ3v) is 3.80. The van der Waals surface area contributed by atoms with Gasteiger partial charge < -0.3 is 5.32 Å². The standard InChI is InChI=1S/C13H23NS/c1-3-5-6-7-10-14-11-13-9-8-12(4-2)15-13/h8-9,14H,3-7,10-11H2,1-2H3. The quantitative estimate of drug-likeness (QED) is 0.660. The van der Waals surface area contributed by atoms with E-state index in [-0.39, 0.29) is 0 Å². The average Bonchev–Trinajstić information content (AvgIpc) is 2.71. The van der Waals surface area contributed by atoms with Crippen LogP contribution in [0, 0.1) is 0 Å². The second-order valence-electron chi connectivity index (χ2n) is 3.96. The minimum absolute atomic E-state index is 1.05. The van der Waals surface area contributed by atoms with Crippen molar-refractivity contribution in [3.05, 3.63) is 21.9 Å². The summed E-state index contributed by atoms with van der Waals surface area (Å²) in [6.07, 6.45) is 6.56. The summed E-state index contributed by atoms with van der Waals surface area (Å²) in [6.45, 7) is 6.69. The summed E-state index contributed by atoms with van der Waals surface area (Å²) in [5.41, 5.74) is 0. The van der Waals surface area contributed by atoms with Gasteiger partial charge >= 0.3 is 0 Å². The molecule has 0 bridgehead atoms. The van der Waals surface area contributed by atoms with Crippen molar-refractivity contribution in [3.63, 3.8) is 0 Å². The van der Waals surface area contributed by atoms with Crippen LogP contribution in [-0.2, 0) is 13.0 Å². The molecule has 86 valence electrons. The van der Waals surface area contributed by atoms with Crippen LogP contribution in [0.25, 0.3) is 0 Å². The molecule has 0 aliphatic heterocycles. The number of unbranched alkanes of at least 4 members (excludes halogenated alkanes) is 3. The van der Waals surface area contributed by atoms with Crippen LogP contribution >= 0.6 is 11.3 Å². The van der Waals surface area contributed by atoms with Crippen LogP contribution in [0.15, 0.2) is 12.1 Å². The Balaban J connectivity index is 2.04. The SMILES string of the molecule is CCCCCCNCc1ccc(CC)s1. The van der Waals surface area contributed by atoms with Crippen LogP contribution in [-0.4, -0.2) is 6.54 Å². The Morgan fingerprint density at radius 2 is 1.87 bits per heavy atom. The second kappa shape index (κ2) is 7.89. The molecule has 0 atom stereocenters. The Labute approximate surface area is 97.9 Å². The van der Waals surface area contributed by atoms with Gasteiger partial charge in [0.2, 0.25) is 0 Å². The molecule has 0 radical (unpaired) electrons. The van der Waals surface area contributed by atoms with Crippen LogP contribution in [0.1, 0.15) is 49.3 Å². The van der Waals surface area contributed by atoms with Crippen LogP contribution in [0.4, 0.5) is 0 Å². The molecule has 1 N–H and O–H groups in total. The Bertz CT molecular complexity index is 255. The van der Waals surface area contributed by atoms with Crippen molar-refractivity contribution in [2.24, 2.45) is 0 Å². The first-order valence-corrected chi connectivity index (χ1v) is 6.96. The summed E-state index contributed by atoms with van der Waals surface area (Å²) in [5, 5.41) is 3.51. The zero-order valence-corrected chi connectivity index (χ0v) is 10.8. The minimum atomic E-state index is 1.05. The highest BCUT2D eigenvalue weighted by Gasteiger charge is 1.97. The molecule has 2 heteroatoms. The molecule has 1 rings (SSSR count). The van der Waals surface area contributed by atoms with E-state index in [0.29, 0.717) is 0 Å². The van der Waals surface area contributed by atoms with Crippen molar-refractivity contribution in [3.8, 4) is 0 Å². The molecule has 0 aliphatic carbocycles. The molecular formula is C13H23NS. The van der Waals surface area contributed by atoms with Gasteiger partial charge in [0, 0.05) is 16.3 Å². The fourth-order valence-corrected chi connectivity index (χ4v) is 2.52. The number of rotatable bonds is 8. The first-order chi connectivity index (χ1) is 7.36. The summed E-state index contributed by atoms with van der Waals surface area (Å²) < 4.78 is 0. The van der Waals surface area contributed by atoms with Gasteiger partial charge in [0.25, 0.3) is 0 Å². The van der Waals surface area contributed by atoms with E-state index in [1.807, 2.05) is 11.3 Å². The number of nitrogens with one attached hydrogen (secondary N) is 1. The van der Waals surface area contributed by atoms with Crippen LogP contribution in [0.5, 0.6) is 0 Å². The van der Waals surface area contributed by atoms with Crippen molar-refractivity contribution in [1.82, 2.24) is 5.32 Å². The van der Waals surface area contributed by atoms with Crippen molar-refractivity contribution >= 4 is 11.3 Å². The predicted molar refractivity (Wildman–Crippen MR) is 69.5 cm³/mol. The molecular weight excluding hydrogens is 202 g/mol. The molecule has 0 fully saturated rings. The lowest BCUT2D eigenvalue weighted by atomic mass is 10.2. The van der Waals surface area contributed by atoms with E-state index in [4.69, 9.17) is 0 Å². The zero-order chi connectivity index (χ0) is 10.9. The van der Waals surface area contributed by atoms with E-state index in [1.54, 1.807) is 0 Å². The predicted octanol–water partition coefficient (Wildman–Crippen LogP) is 3.98. The van der Waals surface area contributed by atoms with Gasteiger partial charge in [0.1, 0.15) is 0 Å². The van der Waals surface area contributed by atoms with Crippen molar-refractivity contribution in [2.45, 2.75) is 52.5 Å². The highest BCUT2D eigenvalue weighted by Crippen LogP contribution is 2.16. The number of aryl methyl sites for hydroxylation is 1. The second-order valence-corrected chi connectivity index (χ2v) is 5.21. The first-order valence-electron chi connectivity index (χ1n) is 6.15. The van der Waals surface area contributed by atoms with Gasteiger partial charge in [0.05, 0.1) is 0 Å². The molecule has 0 saturated carbocycles. The third-order valence-electron chi connectivity index (χ3n) is 2.57. The van der Waals surface area contributed by atoms with E-state index in [2.05, 4.69) is 31.3 Å². The number of hydrogen-bond donors (Lipinski definition) is 1. The summed E-state index contributed by atoms with van der Waals surface area (Å²) >= 11 is 1.94. The Hall–Kier alpha value is -0.340. The molecule has 0 aromatic carbocycles. The topological polar surface area (TPSA) is 12.0 Å². The summed E-state index contributed by atoms with van der Waals surface area (Å²) in [7, 11) is 0. The molecule has 0 unspecified atom stereocenters. The molecule has 0 saturated heterocycles. The lowest BCUT2D eigenvalue weighted by Crippen LogP contribution is -2.13. The van der Waals surface area contributed by atoms with E-state index in [1.165, 1.54) is 48.4 Å². The molecule has 0 amide bonds. The van der Waals surface area contributed by atoms with E-state index in [9.17, 15) is 0 Å². The van der Waals surface area contributed by atoms with Crippen molar-refractivity contribution in [1.29, 1.82) is 0 Å². The van der Waals surface area contributed by atoms with Gasteiger partial charge in [-0.25, -0.2) is 0 Å². The zero-order valence-electron chi connectivity index (χ0n) is 10.0. The minimum Gasteiger partial charge on any atom is -0.312 e. The van der Waals surface area contributed by atoms with Gasteiger partial charge in [-0.1, -0.05) is 33.1 Å². The summed E-state index contributed by atoms with van der Waals surface area (Å²) in [6, 6.07) is 4.50. The molecule has 0 spiro atoms. The highest BCUT2D eigenvalue weighted by atomic mass is 32.1. The van der Waals surface area contributed by atoms with Crippen LogP contribution in [0.3, 0.4) is 0 Å². The fourth-order valence-electron chi connectivity index (χ4n) is 1.60. The normalized spacial score (nSPS) is 10.8. The van der Waals surface area contributed by atoms with Gasteiger partial charge in [-0.05, 0) is 31.5 Å². The summed E-state index contributed by atoms with van der Waals surface area (Å²) in [4.78, 5) is 2.97. The van der Waals surface area contributed by atoms with Crippen LogP contribution in [0.2, 0.25) is 0 Å². The highest BCUT2D eigenvalue weighted by molar-refractivity contribution is 7.11. The van der Waals surface area contributed by atoms with E-state index in [0.717, 1.165) is 6.54 Å². The smallest absolute Gasteiger partial charge is 0.0299 e. The molecule has 1 nitrogen and oxygen atoms in total. The first kappa shape index (κ1) is 12.7. The monoisotopic (exact) mass is 225 g/mol. The average molecular weight is 225 g/mol. The van der Waals surface area contributed by atoms with E-state index >= 15 is 0 Å². The number of hydrogen-bond acceptors (Lipinski definition) is 2. The lowest BCUT2D eigenvalue weighted by molar-refractivity contribution is 0.600. The van der Waals surface area contributed by atoms with Gasteiger partial charge in [-0.2, -0.15) is 0 Å². The number of thiophene rings is 1. The molecule has 0 aliphatic rings. The Kier molecular flexibility index (Phi) is 6.69. The van der Waals surface area contributed by atoms with Crippen LogP contribution < -0.4 is 5.32 Å². The molecule has 1 heterocycles. The molecule has 1 aromatic rings. The van der Waals surface area contributed by atoms with E-state index < -0.39 is 0 Å². The van der Waals surface area contributed by atoms with Gasteiger partial charge in [0.15, 0.2) is 0 Å². The largest absolute Gasteiger partial charge is 0.312 e. The Morgan fingerprint density at radius 1 is 1.07 bits per heavy atom. The molecule has 1 aromatic heterocycles. The third kappa shape index (κ3) is 5.33. The lowest BCUT2D eigenvalue weighted by Gasteiger charge is -2.02. The Morgan fingerprint density at radius 3 is 2.53 bits per heavy atom. The van der Waals surface area contributed by atoms with Gasteiger partial charge in [-0.3, -0.25) is 0 Å². The maximum Gasteiger partial charge on any atom is 0.0299 e.